The number of piperidine rings is 1. The standard InChI is InChI=1S/C18H22ClN3O3S/c1-13-4-3-9-22(12-13)14-5-8-18(20-11-14)21-26(23,24)15-6-7-17(25-2)16(19)10-15/h5-8,10-11,13H,3-4,9,12H2,1-2H3,(H,20,21). The van der Waals surface area contributed by atoms with Crippen LogP contribution in [0.5, 0.6) is 5.75 Å². The summed E-state index contributed by atoms with van der Waals surface area (Å²) in [5, 5.41) is 0.234. The van der Waals surface area contributed by atoms with Gasteiger partial charge in [0.05, 0.1) is 28.9 Å². The van der Waals surface area contributed by atoms with Gasteiger partial charge in [-0.25, -0.2) is 13.4 Å². The van der Waals surface area contributed by atoms with Gasteiger partial charge in [-0.2, -0.15) is 0 Å². The number of nitrogens with zero attached hydrogens (tertiary/aromatic N) is 2. The van der Waals surface area contributed by atoms with Gasteiger partial charge in [0, 0.05) is 13.1 Å². The molecule has 1 aromatic carbocycles. The van der Waals surface area contributed by atoms with E-state index in [0.717, 1.165) is 25.2 Å². The minimum Gasteiger partial charge on any atom is -0.495 e. The number of pyridine rings is 1. The molecule has 6 nitrogen and oxygen atoms in total. The molecule has 26 heavy (non-hydrogen) atoms. The maximum Gasteiger partial charge on any atom is 0.263 e. The van der Waals surface area contributed by atoms with Crippen LogP contribution in [-0.4, -0.2) is 33.6 Å². The number of benzene rings is 1. The summed E-state index contributed by atoms with van der Waals surface area (Å²) in [6.07, 6.45) is 4.11. The first-order valence-corrected chi connectivity index (χ1v) is 10.3. The van der Waals surface area contributed by atoms with Gasteiger partial charge < -0.3 is 9.64 Å². The molecular weight excluding hydrogens is 374 g/mol. The van der Waals surface area contributed by atoms with Crippen LogP contribution in [0.15, 0.2) is 41.4 Å². The van der Waals surface area contributed by atoms with Gasteiger partial charge in [-0.3, -0.25) is 4.72 Å². The first-order valence-electron chi connectivity index (χ1n) is 8.46. The Morgan fingerprint density at radius 1 is 1.31 bits per heavy atom. The number of rotatable bonds is 5. The van der Waals surface area contributed by atoms with E-state index in [2.05, 4.69) is 21.5 Å². The van der Waals surface area contributed by atoms with Crippen LogP contribution in [0.2, 0.25) is 5.02 Å². The van der Waals surface area contributed by atoms with E-state index >= 15 is 0 Å². The molecule has 0 radical (unpaired) electrons. The van der Waals surface area contributed by atoms with Crippen molar-refractivity contribution in [3.63, 3.8) is 0 Å². The van der Waals surface area contributed by atoms with E-state index in [4.69, 9.17) is 16.3 Å². The Morgan fingerprint density at radius 3 is 2.73 bits per heavy atom. The van der Waals surface area contributed by atoms with E-state index in [-0.39, 0.29) is 15.7 Å². The third-order valence-corrected chi connectivity index (χ3v) is 6.09. The largest absolute Gasteiger partial charge is 0.495 e. The molecule has 0 bridgehead atoms. The van der Waals surface area contributed by atoms with E-state index in [0.29, 0.717) is 11.7 Å². The Hall–Kier alpha value is -1.99. The second-order valence-electron chi connectivity index (χ2n) is 6.50. The van der Waals surface area contributed by atoms with Crippen LogP contribution in [0.1, 0.15) is 19.8 Å². The molecule has 8 heteroatoms. The van der Waals surface area contributed by atoms with Gasteiger partial charge in [0.1, 0.15) is 11.6 Å². The van der Waals surface area contributed by atoms with Crippen LogP contribution >= 0.6 is 11.6 Å². The predicted octanol–water partition coefficient (Wildman–Crippen LogP) is 3.78. The van der Waals surface area contributed by atoms with E-state index in [1.165, 1.54) is 31.7 Å². The van der Waals surface area contributed by atoms with Gasteiger partial charge in [0.15, 0.2) is 0 Å². The molecule has 1 unspecified atom stereocenters. The van der Waals surface area contributed by atoms with Crippen molar-refractivity contribution in [1.29, 1.82) is 0 Å². The summed E-state index contributed by atoms with van der Waals surface area (Å²) in [7, 11) is -2.30. The number of halogens is 1. The Bertz CT molecular complexity index is 872. The lowest BCUT2D eigenvalue weighted by Crippen LogP contribution is -2.34. The SMILES string of the molecule is COc1ccc(S(=O)(=O)Nc2ccc(N3CCCC(C)C3)cn2)cc1Cl. The minimum absolute atomic E-state index is 0.0547. The van der Waals surface area contributed by atoms with Gasteiger partial charge in [-0.1, -0.05) is 18.5 Å². The number of sulfonamides is 1. The number of hydrogen-bond donors (Lipinski definition) is 1. The zero-order valence-corrected chi connectivity index (χ0v) is 16.3. The lowest BCUT2D eigenvalue weighted by atomic mass is 10.00. The van der Waals surface area contributed by atoms with Gasteiger partial charge in [0.25, 0.3) is 10.0 Å². The van der Waals surface area contributed by atoms with Crippen LogP contribution in [-0.2, 0) is 10.0 Å². The molecule has 1 N–H and O–H groups in total. The lowest BCUT2D eigenvalue weighted by Gasteiger charge is -2.32. The average molecular weight is 396 g/mol. The highest BCUT2D eigenvalue weighted by atomic mass is 35.5. The van der Waals surface area contributed by atoms with Gasteiger partial charge in [0.2, 0.25) is 0 Å². The molecule has 0 spiro atoms. The number of anilines is 2. The average Bonchev–Trinajstić information content (AvgIpc) is 2.62. The number of nitrogens with one attached hydrogen (secondary N) is 1. The van der Waals surface area contributed by atoms with Gasteiger partial charge in [-0.15, -0.1) is 0 Å². The quantitative estimate of drug-likeness (QED) is 0.834. The molecule has 140 valence electrons. The number of ether oxygens (including phenoxy) is 1. The van der Waals surface area contributed by atoms with Crippen LogP contribution in [0.3, 0.4) is 0 Å². The summed E-state index contributed by atoms with van der Waals surface area (Å²) in [5.41, 5.74) is 1.01. The van der Waals surface area contributed by atoms with Crippen LogP contribution in [0, 0.1) is 5.92 Å². The molecule has 1 aliphatic heterocycles. The van der Waals surface area contributed by atoms with Crippen molar-refractivity contribution < 1.29 is 13.2 Å². The maximum atomic E-state index is 12.5. The fourth-order valence-corrected chi connectivity index (χ4v) is 4.42. The molecule has 0 amide bonds. The second kappa shape index (κ2) is 7.72. The summed E-state index contributed by atoms with van der Waals surface area (Å²) >= 11 is 6.02. The first kappa shape index (κ1) is 18.8. The molecule has 1 aromatic heterocycles. The normalized spacial score (nSPS) is 17.8. The highest BCUT2D eigenvalue weighted by Crippen LogP contribution is 2.28. The first-order chi connectivity index (χ1) is 12.4. The van der Waals surface area contributed by atoms with Crippen molar-refractivity contribution in [2.75, 3.05) is 29.8 Å². The van der Waals surface area contributed by atoms with Crippen molar-refractivity contribution in [2.45, 2.75) is 24.7 Å². The molecule has 1 fully saturated rings. The summed E-state index contributed by atoms with van der Waals surface area (Å²) < 4.78 is 32.6. The zero-order chi connectivity index (χ0) is 18.7. The summed E-state index contributed by atoms with van der Waals surface area (Å²) in [5.74, 6) is 1.34. The summed E-state index contributed by atoms with van der Waals surface area (Å²) in [6, 6.07) is 7.88. The molecule has 1 saturated heterocycles. The highest BCUT2D eigenvalue weighted by Gasteiger charge is 2.19. The number of methoxy groups -OCH3 is 1. The van der Waals surface area contributed by atoms with E-state index in [9.17, 15) is 8.42 Å². The predicted molar refractivity (Wildman–Crippen MR) is 104 cm³/mol. The third-order valence-electron chi connectivity index (χ3n) is 4.44. The Labute approximate surface area is 159 Å². The fourth-order valence-electron chi connectivity index (χ4n) is 3.07. The van der Waals surface area contributed by atoms with Crippen molar-refractivity contribution >= 4 is 33.1 Å². The van der Waals surface area contributed by atoms with Crippen molar-refractivity contribution in [3.05, 3.63) is 41.6 Å². The molecule has 2 aromatic rings. The van der Waals surface area contributed by atoms with Crippen LogP contribution in [0.25, 0.3) is 0 Å². The van der Waals surface area contributed by atoms with E-state index in [1.54, 1.807) is 12.3 Å². The monoisotopic (exact) mass is 395 g/mol. The lowest BCUT2D eigenvalue weighted by molar-refractivity contribution is 0.414. The molecule has 1 atom stereocenters. The second-order valence-corrected chi connectivity index (χ2v) is 8.59. The van der Waals surface area contributed by atoms with Crippen molar-refractivity contribution in [3.8, 4) is 5.75 Å². The molecule has 0 aliphatic carbocycles. The number of aromatic nitrogens is 1. The molecule has 2 heterocycles. The molecule has 3 rings (SSSR count). The van der Waals surface area contributed by atoms with Gasteiger partial charge >= 0.3 is 0 Å². The Kier molecular flexibility index (Phi) is 5.58. The summed E-state index contributed by atoms with van der Waals surface area (Å²) in [6.45, 7) is 4.24. The molecule has 0 saturated carbocycles. The Balaban J connectivity index is 1.74. The highest BCUT2D eigenvalue weighted by molar-refractivity contribution is 7.92. The van der Waals surface area contributed by atoms with Gasteiger partial charge in [-0.05, 0) is 49.1 Å². The molecular formula is C18H22ClN3O3S. The summed E-state index contributed by atoms with van der Waals surface area (Å²) in [4.78, 5) is 6.59. The van der Waals surface area contributed by atoms with Crippen LogP contribution in [0.4, 0.5) is 11.5 Å². The van der Waals surface area contributed by atoms with Crippen molar-refractivity contribution in [2.24, 2.45) is 5.92 Å². The zero-order valence-electron chi connectivity index (χ0n) is 14.8. The van der Waals surface area contributed by atoms with Crippen LogP contribution < -0.4 is 14.4 Å². The smallest absolute Gasteiger partial charge is 0.263 e. The van der Waals surface area contributed by atoms with Crippen molar-refractivity contribution in [1.82, 2.24) is 4.98 Å². The molecule has 1 aliphatic rings. The fraction of sp³-hybridized carbons (Fsp3) is 0.389. The minimum atomic E-state index is -3.77. The third kappa shape index (κ3) is 4.22. The number of hydrogen-bond acceptors (Lipinski definition) is 5. The van der Waals surface area contributed by atoms with E-state index in [1.807, 2.05) is 6.07 Å². The Morgan fingerprint density at radius 2 is 2.12 bits per heavy atom. The topological polar surface area (TPSA) is 71.5 Å². The van der Waals surface area contributed by atoms with E-state index < -0.39 is 10.0 Å². The maximum absolute atomic E-state index is 12.5.